The van der Waals surface area contributed by atoms with Crippen LogP contribution >= 0.6 is 0 Å². The van der Waals surface area contributed by atoms with Crippen molar-refractivity contribution >= 4 is 17.2 Å². The molecule has 2 aromatic carbocycles. The quantitative estimate of drug-likeness (QED) is 0.680. The summed E-state index contributed by atoms with van der Waals surface area (Å²) in [6.07, 6.45) is 0.782. The third-order valence-corrected chi connectivity index (χ3v) is 3.81. The lowest BCUT2D eigenvalue weighted by molar-refractivity contribution is 0.112. The number of halogens is 1. The Morgan fingerprint density at radius 1 is 1.10 bits per heavy atom. The van der Waals surface area contributed by atoms with Crippen LogP contribution in [0.1, 0.15) is 35.7 Å². The Kier molecular flexibility index (Phi) is 3.34. The van der Waals surface area contributed by atoms with Crippen molar-refractivity contribution < 1.29 is 9.18 Å². The third-order valence-electron chi connectivity index (χ3n) is 3.81. The highest BCUT2D eigenvalue weighted by Gasteiger charge is 2.14. The highest BCUT2D eigenvalue weighted by Crippen LogP contribution is 2.31. The minimum Gasteiger partial charge on any atom is -0.352 e. The van der Waals surface area contributed by atoms with Crippen molar-refractivity contribution in [3.05, 3.63) is 59.4 Å². The minimum absolute atomic E-state index is 0.347. The predicted octanol–water partition coefficient (Wildman–Crippen LogP) is 4.91. The average molecular weight is 281 g/mol. The summed E-state index contributed by atoms with van der Waals surface area (Å²) in [5.41, 5.74) is 3.66. The molecule has 1 aromatic heterocycles. The van der Waals surface area contributed by atoms with Gasteiger partial charge in [-0.1, -0.05) is 50.2 Å². The topological polar surface area (TPSA) is 32.9 Å². The maximum Gasteiger partial charge on any atom is 0.152 e. The Bertz CT molecular complexity index is 800. The second kappa shape index (κ2) is 5.17. The number of aldehydes is 1. The van der Waals surface area contributed by atoms with Gasteiger partial charge in [0, 0.05) is 10.9 Å². The molecule has 106 valence electrons. The molecule has 21 heavy (non-hydrogen) atoms. The van der Waals surface area contributed by atoms with E-state index >= 15 is 0 Å². The zero-order valence-electron chi connectivity index (χ0n) is 12.0. The summed E-state index contributed by atoms with van der Waals surface area (Å²) in [4.78, 5) is 14.5. The third kappa shape index (κ3) is 2.25. The van der Waals surface area contributed by atoms with Crippen LogP contribution in [0.4, 0.5) is 4.39 Å². The maximum atomic E-state index is 13.9. The Morgan fingerprint density at radius 2 is 1.81 bits per heavy atom. The number of benzene rings is 2. The van der Waals surface area contributed by atoms with E-state index in [9.17, 15) is 9.18 Å². The van der Waals surface area contributed by atoms with E-state index in [0.29, 0.717) is 28.1 Å². The van der Waals surface area contributed by atoms with Crippen molar-refractivity contribution in [2.45, 2.75) is 19.8 Å². The molecule has 0 aliphatic carbocycles. The van der Waals surface area contributed by atoms with E-state index in [1.54, 1.807) is 12.1 Å². The maximum absolute atomic E-state index is 13.9. The summed E-state index contributed by atoms with van der Waals surface area (Å²) < 4.78 is 13.9. The van der Waals surface area contributed by atoms with E-state index in [1.807, 2.05) is 24.3 Å². The van der Waals surface area contributed by atoms with Gasteiger partial charge in [0.05, 0.1) is 11.2 Å². The van der Waals surface area contributed by atoms with Gasteiger partial charge in [0.1, 0.15) is 5.82 Å². The molecule has 0 spiro atoms. The van der Waals surface area contributed by atoms with Gasteiger partial charge >= 0.3 is 0 Å². The number of H-pyrrole nitrogens is 1. The van der Waals surface area contributed by atoms with Crippen molar-refractivity contribution in [3.63, 3.8) is 0 Å². The first-order valence-electron chi connectivity index (χ1n) is 6.97. The number of aromatic nitrogens is 1. The lowest BCUT2D eigenvalue weighted by Crippen LogP contribution is -1.88. The van der Waals surface area contributed by atoms with E-state index in [2.05, 4.69) is 18.8 Å². The largest absolute Gasteiger partial charge is 0.352 e. The van der Waals surface area contributed by atoms with Gasteiger partial charge in [-0.05, 0) is 23.1 Å². The normalized spacial score (nSPS) is 11.2. The van der Waals surface area contributed by atoms with Gasteiger partial charge in [-0.2, -0.15) is 0 Å². The summed E-state index contributed by atoms with van der Waals surface area (Å²) in [6.45, 7) is 4.26. The van der Waals surface area contributed by atoms with Crippen LogP contribution in [0.15, 0.2) is 42.5 Å². The molecule has 0 radical (unpaired) electrons. The van der Waals surface area contributed by atoms with Crippen LogP contribution in [0.2, 0.25) is 0 Å². The summed E-state index contributed by atoms with van der Waals surface area (Å²) in [5.74, 6) is 0.102. The first-order chi connectivity index (χ1) is 10.1. The van der Waals surface area contributed by atoms with Gasteiger partial charge in [-0.3, -0.25) is 4.79 Å². The monoisotopic (exact) mass is 281 g/mol. The van der Waals surface area contributed by atoms with Crippen LogP contribution in [0.5, 0.6) is 0 Å². The number of carbonyl (C=O) groups excluding carboxylic acids is 1. The number of aromatic amines is 1. The van der Waals surface area contributed by atoms with E-state index in [0.717, 1.165) is 11.8 Å². The molecule has 1 N–H and O–H groups in total. The highest BCUT2D eigenvalue weighted by atomic mass is 19.1. The highest BCUT2D eigenvalue weighted by molar-refractivity contribution is 6.04. The van der Waals surface area contributed by atoms with Crippen molar-refractivity contribution in [3.8, 4) is 11.3 Å². The van der Waals surface area contributed by atoms with Crippen LogP contribution in [-0.4, -0.2) is 11.3 Å². The molecule has 2 nitrogen and oxygen atoms in total. The molecule has 0 unspecified atom stereocenters. The number of para-hydroxylation sites is 1. The molecule has 0 aliphatic rings. The number of nitrogens with one attached hydrogen (secondary N) is 1. The van der Waals surface area contributed by atoms with Gasteiger partial charge in [-0.25, -0.2) is 4.39 Å². The Balaban J connectivity index is 2.20. The van der Waals surface area contributed by atoms with Crippen LogP contribution in [-0.2, 0) is 0 Å². The zero-order valence-corrected chi connectivity index (χ0v) is 12.0. The van der Waals surface area contributed by atoms with E-state index in [4.69, 9.17) is 0 Å². The molecule has 0 bridgehead atoms. The predicted molar refractivity (Wildman–Crippen MR) is 83.2 cm³/mol. The van der Waals surface area contributed by atoms with Crippen LogP contribution in [0.3, 0.4) is 0 Å². The van der Waals surface area contributed by atoms with Gasteiger partial charge in [0.15, 0.2) is 6.29 Å². The molecule has 1 heterocycles. The van der Waals surface area contributed by atoms with E-state index in [-0.39, 0.29) is 5.82 Å². The molecular formula is C18H16FNO. The summed E-state index contributed by atoms with van der Waals surface area (Å²) in [6, 6.07) is 12.8. The Morgan fingerprint density at radius 3 is 2.43 bits per heavy atom. The van der Waals surface area contributed by atoms with Gasteiger partial charge < -0.3 is 4.98 Å². The smallest absolute Gasteiger partial charge is 0.152 e. The fourth-order valence-corrected chi connectivity index (χ4v) is 2.59. The SMILES string of the molecule is CC(C)c1ccc(-c2[nH]c3c(F)cccc3c2C=O)cc1. The molecule has 0 amide bonds. The Hall–Kier alpha value is -2.42. The van der Waals surface area contributed by atoms with Gasteiger partial charge in [0.2, 0.25) is 0 Å². The fraction of sp³-hybridized carbons (Fsp3) is 0.167. The van der Waals surface area contributed by atoms with E-state index in [1.165, 1.54) is 11.6 Å². The molecule has 0 aliphatic heterocycles. The lowest BCUT2D eigenvalue weighted by atomic mass is 9.99. The number of fused-ring (bicyclic) bond motifs is 1. The van der Waals surface area contributed by atoms with Crippen LogP contribution < -0.4 is 0 Å². The van der Waals surface area contributed by atoms with Gasteiger partial charge in [-0.15, -0.1) is 0 Å². The first-order valence-corrected chi connectivity index (χ1v) is 6.97. The molecule has 0 saturated heterocycles. The summed E-state index contributed by atoms with van der Waals surface area (Å²) in [7, 11) is 0. The van der Waals surface area contributed by atoms with Crippen LogP contribution in [0, 0.1) is 5.82 Å². The van der Waals surface area contributed by atoms with Gasteiger partial charge in [0.25, 0.3) is 0 Å². The number of hydrogen-bond acceptors (Lipinski definition) is 1. The number of hydrogen-bond donors (Lipinski definition) is 1. The summed E-state index contributed by atoms with van der Waals surface area (Å²) in [5, 5.41) is 0.618. The Labute approximate surface area is 122 Å². The van der Waals surface area contributed by atoms with Crippen molar-refractivity contribution in [2.24, 2.45) is 0 Å². The second-order valence-electron chi connectivity index (χ2n) is 5.47. The zero-order chi connectivity index (χ0) is 15.0. The minimum atomic E-state index is -0.347. The summed E-state index contributed by atoms with van der Waals surface area (Å²) >= 11 is 0. The molecule has 0 saturated carbocycles. The molecule has 3 heteroatoms. The van der Waals surface area contributed by atoms with E-state index < -0.39 is 0 Å². The number of carbonyl (C=O) groups is 1. The standard InChI is InChI=1S/C18H16FNO/c1-11(2)12-6-8-13(9-7-12)17-15(10-21)14-4-3-5-16(19)18(14)20-17/h3-11,20H,1-2H3. The van der Waals surface area contributed by atoms with Crippen molar-refractivity contribution in [1.29, 1.82) is 0 Å². The first kappa shape index (κ1) is 13.6. The molecular weight excluding hydrogens is 265 g/mol. The number of rotatable bonds is 3. The molecule has 3 rings (SSSR count). The van der Waals surface area contributed by atoms with Crippen molar-refractivity contribution in [2.75, 3.05) is 0 Å². The van der Waals surface area contributed by atoms with Crippen molar-refractivity contribution in [1.82, 2.24) is 4.98 Å². The second-order valence-corrected chi connectivity index (χ2v) is 5.47. The average Bonchev–Trinajstić information content (AvgIpc) is 2.87. The molecule has 0 fully saturated rings. The molecule has 3 aromatic rings. The van der Waals surface area contributed by atoms with Crippen LogP contribution in [0.25, 0.3) is 22.2 Å². The molecule has 0 atom stereocenters. The lowest BCUT2D eigenvalue weighted by Gasteiger charge is -2.06. The fourth-order valence-electron chi connectivity index (χ4n) is 2.59.